The van der Waals surface area contributed by atoms with Crippen LogP contribution in [-0.4, -0.2) is 9.97 Å². The van der Waals surface area contributed by atoms with E-state index in [-0.39, 0.29) is 5.82 Å². The summed E-state index contributed by atoms with van der Waals surface area (Å²) in [4.78, 5) is 8.91. The molecule has 0 aliphatic heterocycles. The molecular formula is C18H11FN2. The minimum absolute atomic E-state index is 0.266. The number of nitrogens with zero attached hydrogens (tertiary/aromatic N) is 2. The number of hydrogen-bond donors (Lipinski definition) is 0. The van der Waals surface area contributed by atoms with Crippen LogP contribution in [0.4, 0.5) is 4.39 Å². The van der Waals surface area contributed by atoms with Crippen molar-refractivity contribution in [2.45, 2.75) is 0 Å². The molecule has 0 aliphatic rings. The van der Waals surface area contributed by atoms with Crippen molar-refractivity contribution < 1.29 is 4.39 Å². The first-order valence-electron chi connectivity index (χ1n) is 6.72. The summed E-state index contributed by atoms with van der Waals surface area (Å²) in [5.74, 6) is -0.266. The van der Waals surface area contributed by atoms with Gasteiger partial charge in [-0.05, 0) is 6.07 Å². The summed E-state index contributed by atoms with van der Waals surface area (Å²) in [5.41, 5.74) is 2.87. The van der Waals surface area contributed by atoms with Crippen LogP contribution in [0.15, 0.2) is 66.9 Å². The van der Waals surface area contributed by atoms with E-state index in [2.05, 4.69) is 9.97 Å². The topological polar surface area (TPSA) is 25.8 Å². The molecule has 0 aliphatic carbocycles. The number of para-hydroxylation sites is 1. The Balaban J connectivity index is 2.06. The number of fused-ring (bicyclic) bond motifs is 3. The average molecular weight is 274 g/mol. The third-order valence-corrected chi connectivity index (χ3v) is 3.57. The van der Waals surface area contributed by atoms with Crippen molar-refractivity contribution in [1.29, 1.82) is 0 Å². The van der Waals surface area contributed by atoms with E-state index in [1.54, 1.807) is 6.20 Å². The lowest BCUT2D eigenvalue weighted by Crippen LogP contribution is -1.92. The second-order valence-electron chi connectivity index (χ2n) is 4.89. The van der Waals surface area contributed by atoms with Gasteiger partial charge in [0.25, 0.3) is 0 Å². The van der Waals surface area contributed by atoms with Gasteiger partial charge >= 0.3 is 0 Å². The molecule has 0 spiro atoms. The second kappa shape index (κ2) is 4.63. The van der Waals surface area contributed by atoms with E-state index in [0.717, 1.165) is 16.5 Å². The van der Waals surface area contributed by atoms with E-state index < -0.39 is 0 Å². The fourth-order valence-corrected chi connectivity index (χ4v) is 2.58. The molecule has 0 amide bonds. The highest BCUT2D eigenvalue weighted by molar-refractivity contribution is 6.04. The van der Waals surface area contributed by atoms with Crippen molar-refractivity contribution in [3.8, 4) is 11.3 Å². The van der Waals surface area contributed by atoms with Gasteiger partial charge in [0.2, 0.25) is 0 Å². The van der Waals surface area contributed by atoms with Crippen LogP contribution in [0.3, 0.4) is 0 Å². The van der Waals surface area contributed by atoms with Crippen molar-refractivity contribution in [3.05, 3.63) is 72.7 Å². The average Bonchev–Trinajstić information content (AvgIpc) is 2.55. The maximum absolute atomic E-state index is 14.6. The van der Waals surface area contributed by atoms with E-state index in [1.165, 1.54) is 6.07 Å². The Hall–Kier alpha value is -2.81. The summed E-state index contributed by atoms with van der Waals surface area (Å²) in [6.07, 6.45) is 1.63. The standard InChI is InChI=1S/C18H11FN2/c19-14-10-16(12-6-2-1-3-7-12)21-17-11-20-15-9-5-4-8-13(15)18(14)17/h1-11H. The van der Waals surface area contributed by atoms with E-state index in [4.69, 9.17) is 0 Å². The third kappa shape index (κ3) is 1.94. The molecule has 2 heterocycles. The molecule has 2 aromatic carbocycles. The molecule has 0 N–H and O–H groups in total. The summed E-state index contributed by atoms with van der Waals surface area (Å²) in [5, 5.41) is 1.32. The van der Waals surface area contributed by atoms with Gasteiger partial charge in [0, 0.05) is 22.4 Å². The van der Waals surface area contributed by atoms with Crippen LogP contribution in [-0.2, 0) is 0 Å². The van der Waals surface area contributed by atoms with Crippen molar-refractivity contribution >= 4 is 21.8 Å². The van der Waals surface area contributed by atoms with E-state index in [0.29, 0.717) is 16.6 Å². The predicted octanol–water partition coefficient (Wildman–Crippen LogP) is 4.59. The quantitative estimate of drug-likeness (QED) is 0.474. The van der Waals surface area contributed by atoms with Gasteiger partial charge in [-0.2, -0.15) is 0 Å². The molecule has 2 aromatic heterocycles. The summed E-state index contributed by atoms with van der Waals surface area (Å²) in [6.45, 7) is 0. The summed E-state index contributed by atoms with van der Waals surface area (Å²) >= 11 is 0. The van der Waals surface area contributed by atoms with Crippen LogP contribution in [0.5, 0.6) is 0 Å². The molecule has 4 aromatic rings. The monoisotopic (exact) mass is 274 g/mol. The summed E-state index contributed by atoms with van der Waals surface area (Å²) < 4.78 is 14.6. The lowest BCUT2D eigenvalue weighted by atomic mass is 10.1. The smallest absolute Gasteiger partial charge is 0.135 e. The molecule has 0 fully saturated rings. The Bertz CT molecular complexity index is 949. The second-order valence-corrected chi connectivity index (χ2v) is 4.89. The Labute approximate surface area is 120 Å². The first-order valence-corrected chi connectivity index (χ1v) is 6.72. The van der Waals surface area contributed by atoms with Gasteiger partial charge < -0.3 is 0 Å². The lowest BCUT2D eigenvalue weighted by molar-refractivity contribution is 0.640. The number of pyridine rings is 2. The molecule has 100 valence electrons. The zero-order chi connectivity index (χ0) is 14.2. The molecule has 2 nitrogen and oxygen atoms in total. The number of hydrogen-bond acceptors (Lipinski definition) is 2. The van der Waals surface area contributed by atoms with Crippen LogP contribution in [0.1, 0.15) is 0 Å². The largest absolute Gasteiger partial charge is 0.254 e. The molecule has 3 heteroatoms. The Kier molecular flexibility index (Phi) is 2.64. The van der Waals surface area contributed by atoms with Crippen LogP contribution >= 0.6 is 0 Å². The van der Waals surface area contributed by atoms with Gasteiger partial charge in [0.15, 0.2) is 0 Å². The van der Waals surface area contributed by atoms with Gasteiger partial charge in [0.05, 0.1) is 22.9 Å². The molecule has 0 bridgehead atoms. The van der Waals surface area contributed by atoms with Gasteiger partial charge in [-0.1, -0.05) is 48.5 Å². The molecule has 21 heavy (non-hydrogen) atoms. The first kappa shape index (κ1) is 12.0. The SMILES string of the molecule is Fc1cc(-c2ccccc2)nc2cnc3ccccc3c12. The van der Waals surface area contributed by atoms with Crippen molar-refractivity contribution in [3.63, 3.8) is 0 Å². The van der Waals surface area contributed by atoms with Gasteiger partial charge in [-0.3, -0.25) is 4.98 Å². The third-order valence-electron chi connectivity index (χ3n) is 3.57. The van der Waals surface area contributed by atoms with Gasteiger partial charge in [0.1, 0.15) is 5.82 Å². The fourth-order valence-electron chi connectivity index (χ4n) is 2.58. The lowest BCUT2D eigenvalue weighted by Gasteiger charge is -2.07. The number of rotatable bonds is 1. The van der Waals surface area contributed by atoms with Crippen LogP contribution in [0, 0.1) is 5.82 Å². The Morgan fingerprint density at radius 1 is 0.810 bits per heavy atom. The number of benzene rings is 2. The minimum atomic E-state index is -0.266. The summed E-state index contributed by atoms with van der Waals surface area (Å²) in [7, 11) is 0. The molecular weight excluding hydrogens is 263 g/mol. The van der Waals surface area contributed by atoms with Crippen LogP contribution in [0.2, 0.25) is 0 Å². The molecule has 4 rings (SSSR count). The highest BCUT2D eigenvalue weighted by Gasteiger charge is 2.10. The number of halogens is 1. The van der Waals surface area contributed by atoms with Crippen molar-refractivity contribution in [2.75, 3.05) is 0 Å². The summed E-state index contributed by atoms with van der Waals surface area (Å²) in [6, 6.07) is 18.6. The van der Waals surface area contributed by atoms with Crippen LogP contribution < -0.4 is 0 Å². The first-order chi connectivity index (χ1) is 10.3. The number of aromatic nitrogens is 2. The fraction of sp³-hybridized carbons (Fsp3) is 0. The maximum Gasteiger partial charge on any atom is 0.135 e. The molecule has 0 saturated carbocycles. The molecule has 0 atom stereocenters. The zero-order valence-electron chi connectivity index (χ0n) is 11.1. The normalized spacial score (nSPS) is 11.1. The predicted molar refractivity (Wildman–Crippen MR) is 82.4 cm³/mol. The highest BCUT2D eigenvalue weighted by Crippen LogP contribution is 2.28. The molecule has 0 radical (unpaired) electrons. The minimum Gasteiger partial charge on any atom is -0.254 e. The van der Waals surface area contributed by atoms with Gasteiger partial charge in [-0.25, -0.2) is 9.37 Å². The molecule has 0 unspecified atom stereocenters. The van der Waals surface area contributed by atoms with Crippen LogP contribution in [0.25, 0.3) is 33.1 Å². The molecule has 0 saturated heterocycles. The van der Waals surface area contributed by atoms with E-state index in [1.807, 2.05) is 54.6 Å². The van der Waals surface area contributed by atoms with Gasteiger partial charge in [-0.15, -0.1) is 0 Å². The maximum atomic E-state index is 14.6. The van der Waals surface area contributed by atoms with E-state index >= 15 is 0 Å². The highest BCUT2D eigenvalue weighted by atomic mass is 19.1. The van der Waals surface area contributed by atoms with Crippen molar-refractivity contribution in [2.24, 2.45) is 0 Å². The Morgan fingerprint density at radius 2 is 1.57 bits per heavy atom. The van der Waals surface area contributed by atoms with Crippen molar-refractivity contribution in [1.82, 2.24) is 9.97 Å². The van der Waals surface area contributed by atoms with E-state index in [9.17, 15) is 4.39 Å². The Morgan fingerprint density at radius 3 is 2.43 bits per heavy atom. The zero-order valence-corrected chi connectivity index (χ0v) is 11.1.